The summed E-state index contributed by atoms with van der Waals surface area (Å²) in [6, 6.07) is 4.62. The number of phenols is 1. The molecule has 12 nitrogen and oxygen atoms in total. The zero-order valence-electron chi connectivity index (χ0n) is 22.5. The summed E-state index contributed by atoms with van der Waals surface area (Å²) < 4.78 is 5.37. The van der Waals surface area contributed by atoms with E-state index in [9.17, 15) is 33.9 Å². The lowest BCUT2D eigenvalue weighted by Crippen LogP contribution is -2.43. The summed E-state index contributed by atoms with van der Waals surface area (Å²) in [6.07, 6.45) is 2.06. The molecular weight excluding hydrogens is 536 g/mol. The average molecular weight is 569 g/mol. The topological polar surface area (TPSA) is 179 Å². The second kappa shape index (κ2) is 11.0. The van der Waals surface area contributed by atoms with Crippen molar-refractivity contribution in [2.24, 2.45) is 29.6 Å². The SMILES string of the molecule is COc1ccc(O)c(C2C3=CCC4C(=O)N(CCCC(=O)O)C(=O)C4C3CC3C(=O)N(CCCC(=O)O)C(=O)C32)c1. The molecule has 1 aromatic carbocycles. The number of allylic oxidation sites excluding steroid dienone is 2. The maximum Gasteiger partial charge on any atom is 0.303 e. The predicted octanol–water partition coefficient (Wildman–Crippen LogP) is 1.77. The first-order valence-corrected chi connectivity index (χ1v) is 13.8. The van der Waals surface area contributed by atoms with Crippen LogP contribution in [-0.2, 0) is 28.8 Å². The number of carboxylic acid groups (broad SMARTS) is 2. The third kappa shape index (κ3) is 4.85. The third-order valence-electron chi connectivity index (χ3n) is 8.95. The largest absolute Gasteiger partial charge is 0.508 e. The highest BCUT2D eigenvalue weighted by Gasteiger charge is 2.62. The number of aliphatic carboxylic acids is 2. The molecule has 2 heterocycles. The van der Waals surface area contributed by atoms with Gasteiger partial charge in [0.2, 0.25) is 23.6 Å². The number of ether oxygens (including phenoxy) is 1. The number of carbonyl (C=O) groups excluding carboxylic acids is 4. The molecule has 0 spiro atoms. The molecule has 0 bridgehead atoms. The zero-order chi connectivity index (χ0) is 29.6. The lowest BCUT2D eigenvalue weighted by Gasteiger charge is -2.44. The van der Waals surface area contributed by atoms with Gasteiger partial charge in [0.05, 0.1) is 30.8 Å². The molecule has 218 valence electrons. The van der Waals surface area contributed by atoms with Crippen LogP contribution in [0.25, 0.3) is 0 Å². The van der Waals surface area contributed by atoms with Crippen LogP contribution in [0.1, 0.15) is 50.0 Å². The maximum absolute atomic E-state index is 13.8. The minimum absolute atomic E-state index is 0.0139. The fourth-order valence-corrected chi connectivity index (χ4v) is 7.19. The van der Waals surface area contributed by atoms with Crippen LogP contribution >= 0.6 is 0 Å². The van der Waals surface area contributed by atoms with Crippen LogP contribution in [0.2, 0.25) is 0 Å². The van der Waals surface area contributed by atoms with E-state index in [1.54, 1.807) is 12.1 Å². The second-order valence-electron chi connectivity index (χ2n) is 11.1. The Hall–Kier alpha value is -4.22. The van der Waals surface area contributed by atoms with Crippen molar-refractivity contribution >= 4 is 35.6 Å². The number of phenolic OH excluding ortho intramolecular Hbond substituents is 1. The standard InChI is InChI=1S/C29H32N2O10/c1-41-14-6-9-20(32)18(12-14)23-15-7-8-16-24(28(39)30(26(16)37)10-2-4-21(33)34)17(15)13-19-25(23)29(40)31(27(19)38)11-3-5-22(35)36/h6-7,9,12,16-17,19,23-25,32H,2-5,8,10-11,13H2,1H3,(H,33,34)(H,35,36). The van der Waals surface area contributed by atoms with Crippen molar-refractivity contribution in [3.8, 4) is 11.5 Å². The summed E-state index contributed by atoms with van der Waals surface area (Å²) in [5.41, 5.74) is 1.08. The second-order valence-corrected chi connectivity index (χ2v) is 11.1. The summed E-state index contributed by atoms with van der Waals surface area (Å²) >= 11 is 0. The van der Waals surface area contributed by atoms with Crippen molar-refractivity contribution in [3.63, 3.8) is 0 Å². The average Bonchev–Trinajstić information content (AvgIpc) is 3.32. The number of hydrogen-bond donors (Lipinski definition) is 3. The van der Waals surface area contributed by atoms with Gasteiger partial charge in [0, 0.05) is 37.4 Å². The fourth-order valence-electron chi connectivity index (χ4n) is 7.19. The van der Waals surface area contributed by atoms with E-state index < -0.39 is 65.2 Å². The van der Waals surface area contributed by atoms with E-state index in [2.05, 4.69) is 0 Å². The Kier molecular flexibility index (Phi) is 7.58. The minimum Gasteiger partial charge on any atom is -0.508 e. The number of hydrogen-bond acceptors (Lipinski definition) is 8. The lowest BCUT2D eigenvalue weighted by atomic mass is 9.57. The minimum atomic E-state index is -1.04. The van der Waals surface area contributed by atoms with Gasteiger partial charge < -0.3 is 20.1 Å². The Morgan fingerprint density at radius 3 is 2.02 bits per heavy atom. The van der Waals surface area contributed by atoms with E-state index in [-0.39, 0.29) is 63.3 Å². The van der Waals surface area contributed by atoms with Gasteiger partial charge in [-0.1, -0.05) is 11.6 Å². The Bertz CT molecular complexity index is 1350. The molecule has 41 heavy (non-hydrogen) atoms. The number of aromatic hydroxyl groups is 1. The first-order valence-electron chi connectivity index (χ1n) is 13.8. The first kappa shape index (κ1) is 28.3. The highest BCUT2D eigenvalue weighted by Crippen LogP contribution is 2.59. The number of carboxylic acids is 2. The molecule has 6 atom stereocenters. The normalized spacial score (nSPS) is 28.8. The Balaban J connectivity index is 1.53. The molecule has 3 N–H and O–H groups in total. The number of rotatable bonds is 10. The van der Waals surface area contributed by atoms with Gasteiger partial charge in [-0.2, -0.15) is 0 Å². The number of likely N-dealkylation sites (tertiary alicyclic amines) is 2. The van der Waals surface area contributed by atoms with Crippen LogP contribution in [0.15, 0.2) is 29.8 Å². The summed E-state index contributed by atoms with van der Waals surface area (Å²) in [5.74, 6) is -7.87. The summed E-state index contributed by atoms with van der Waals surface area (Å²) in [4.78, 5) is 78.5. The molecule has 4 amide bonds. The molecule has 2 aliphatic carbocycles. The van der Waals surface area contributed by atoms with Crippen molar-refractivity contribution in [3.05, 3.63) is 35.4 Å². The van der Waals surface area contributed by atoms with Crippen molar-refractivity contribution < 1.29 is 48.8 Å². The van der Waals surface area contributed by atoms with Crippen LogP contribution in [0.4, 0.5) is 0 Å². The van der Waals surface area contributed by atoms with Crippen LogP contribution in [-0.4, -0.2) is 80.9 Å². The molecular formula is C29H32N2O10. The van der Waals surface area contributed by atoms with Gasteiger partial charge >= 0.3 is 11.9 Å². The fraction of sp³-hybridized carbons (Fsp3) is 0.517. The van der Waals surface area contributed by atoms with Gasteiger partial charge in [-0.25, -0.2) is 0 Å². The van der Waals surface area contributed by atoms with E-state index in [0.717, 1.165) is 9.80 Å². The highest BCUT2D eigenvalue weighted by atomic mass is 16.5. The summed E-state index contributed by atoms with van der Waals surface area (Å²) in [5, 5.41) is 29.0. The number of amides is 4. The molecule has 12 heteroatoms. The van der Waals surface area contributed by atoms with E-state index in [1.807, 2.05) is 6.08 Å². The van der Waals surface area contributed by atoms with Gasteiger partial charge in [-0.15, -0.1) is 0 Å². The highest BCUT2D eigenvalue weighted by molar-refractivity contribution is 6.08. The molecule has 5 rings (SSSR count). The molecule has 2 saturated heterocycles. The monoisotopic (exact) mass is 568 g/mol. The van der Waals surface area contributed by atoms with Crippen molar-refractivity contribution in [2.75, 3.05) is 20.2 Å². The van der Waals surface area contributed by atoms with Gasteiger partial charge in [-0.05, 0) is 49.8 Å². The predicted molar refractivity (Wildman–Crippen MR) is 139 cm³/mol. The molecule has 2 aliphatic heterocycles. The maximum atomic E-state index is 13.8. The Labute approximate surface area is 235 Å². The van der Waals surface area contributed by atoms with Gasteiger partial charge in [0.1, 0.15) is 11.5 Å². The zero-order valence-corrected chi connectivity index (χ0v) is 22.5. The molecule has 0 aromatic heterocycles. The number of imide groups is 2. The van der Waals surface area contributed by atoms with E-state index >= 15 is 0 Å². The smallest absolute Gasteiger partial charge is 0.303 e. The van der Waals surface area contributed by atoms with Crippen LogP contribution < -0.4 is 4.74 Å². The molecule has 1 saturated carbocycles. The van der Waals surface area contributed by atoms with Crippen LogP contribution in [0, 0.1) is 29.6 Å². The molecule has 6 unspecified atom stereocenters. The number of benzene rings is 1. The number of nitrogens with zero attached hydrogens (tertiary/aromatic N) is 2. The van der Waals surface area contributed by atoms with Gasteiger partial charge in [0.15, 0.2) is 0 Å². The quantitative estimate of drug-likeness (QED) is 0.278. The number of fused-ring (bicyclic) bond motifs is 4. The van der Waals surface area contributed by atoms with Gasteiger partial charge in [0.25, 0.3) is 0 Å². The number of carbonyl (C=O) groups is 6. The molecule has 3 fully saturated rings. The first-order chi connectivity index (χ1) is 19.5. The molecule has 4 aliphatic rings. The van der Waals surface area contributed by atoms with E-state index in [0.29, 0.717) is 16.9 Å². The lowest BCUT2D eigenvalue weighted by molar-refractivity contribution is -0.143. The summed E-state index contributed by atoms with van der Waals surface area (Å²) in [6.45, 7) is -0.0712. The Morgan fingerprint density at radius 2 is 1.44 bits per heavy atom. The van der Waals surface area contributed by atoms with Crippen LogP contribution in [0.3, 0.4) is 0 Å². The van der Waals surface area contributed by atoms with Gasteiger partial charge in [-0.3, -0.25) is 38.6 Å². The summed E-state index contributed by atoms with van der Waals surface area (Å²) in [7, 11) is 1.46. The third-order valence-corrected chi connectivity index (χ3v) is 8.95. The number of methoxy groups -OCH3 is 1. The van der Waals surface area contributed by atoms with E-state index in [1.165, 1.54) is 13.2 Å². The van der Waals surface area contributed by atoms with Crippen molar-refractivity contribution in [1.82, 2.24) is 9.80 Å². The van der Waals surface area contributed by atoms with Crippen molar-refractivity contribution in [2.45, 2.75) is 44.4 Å². The Morgan fingerprint density at radius 1 is 0.854 bits per heavy atom. The van der Waals surface area contributed by atoms with Crippen LogP contribution in [0.5, 0.6) is 11.5 Å². The molecule has 0 radical (unpaired) electrons. The molecule has 1 aromatic rings. The van der Waals surface area contributed by atoms with Crippen molar-refractivity contribution in [1.29, 1.82) is 0 Å². The van der Waals surface area contributed by atoms with E-state index in [4.69, 9.17) is 14.9 Å².